The first kappa shape index (κ1) is 10.7. The lowest BCUT2D eigenvalue weighted by molar-refractivity contribution is 0.165. The summed E-state index contributed by atoms with van der Waals surface area (Å²) in [4.78, 5) is 19.4. The van der Waals surface area contributed by atoms with Crippen molar-refractivity contribution in [3.63, 3.8) is 0 Å². The zero-order valence-corrected chi connectivity index (χ0v) is 7.37. The van der Waals surface area contributed by atoms with Crippen molar-refractivity contribution in [2.24, 2.45) is 5.92 Å². The van der Waals surface area contributed by atoms with Gasteiger partial charge in [-0.05, 0) is 5.92 Å². The topological polar surface area (TPSA) is 80.0 Å². The molecule has 0 heterocycles. The van der Waals surface area contributed by atoms with Crippen molar-refractivity contribution in [3.8, 4) is 0 Å². The second-order valence-electron chi connectivity index (χ2n) is 2.72. The fourth-order valence-corrected chi connectivity index (χ4v) is 0.715. The molecule has 0 aliphatic carbocycles. The molecule has 0 aliphatic heterocycles. The minimum Gasteiger partial charge on any atom is -0.453 e. The summed E-state index contributed by atoms with van der Waals surface area (Å²) >= 11 is 0. The third kappa shape index (κ3) is 3.23. The highest BCUT2D eigenvalue weighted by atomic mass is 16.5. The molecule has 70 valence electrons. The molecule has 0 aromatic rings. The Kier molecular flexibility index (Phi) is 4.10. The van der Waals surface area contributed by atoms with Crippen LogP contribution in [0.15, 0.2) is 0 Å². The number of ether oxygens (including phenoxy) is 1. The van der Waals surface area contributed by atoms with Crippen LogP contribution in [0.3, 0.4) is 0 Å². The number of carbonyl (C=O) groups is 1. The maximum absolute atomic E-state index is 10.7. The van der Waals surface area contributed by atoms with Gasteiger partial charge in [0.2, 0.25) is 0 Å². The monoisotopic (exact) mass is 176 g/mol. The number of carboxylic acids is 1. The second-order valence-corrected chi connectivity index (χ2v) is 2.72. The first-order valence-corrected chi connectivity index (χ1v) is 3.58. The van der Waals surface area contributed by atoms with E-state index < -0.39 is 18.1 Å². The number of hydrogen-bond acceptors (Lipinski definition) is 2. The molecule has 0 radical (unpaired) electrons. The predicted octanol–water partition coefficient (Wildman–Crippen LogP) is 0.427. The van der Waals surface area contributed by atoms with Gasteiger partial charge in [-0.25, -0.2) is 4.79 Å². The smallest absolute Gasteiger partial charge is 0.453 e. The van der Waals surface area contributed by atoms with Gasteiger partial charge in [0.05, 0.1) is 7.11 Å². The number of alkyl carbamates (subject to hydrolysis) is 1. The van der Waals surface area contributed by atoms with Crippen molar-refractivity contribution in [3.05, 3.63) is 0 Å². The van der Waals surface area contributed by atoms with Crippen LogP contribution in [0.2, 0.25) is 0 Å². The number of aliphatic hydroxyl groups excluding tert-OH is 1. The Hall–Kier alpha value is -1.26. The van der Waals surface area contributed by atoms with Gasteiger partial charge in [-0.1, -0.05) is 13.8 Å². The highest BCUT2D eigenvalue weighted by Gasteiger charge is 2.29. The van der Waals surface area contributed by atoms with E-state index in [1.807, 2.05) is 0 Å². The summed E-state index contributed by atoms with van der Waals surface area (Å²) in [6.45, 7) is 3.49. The van der Waals surface area contributed by atoms with Crippen molar-refractivity contribution in [2.75, 3.05) is 7.11 Å². The Morgan fingerprint density at radius 3 is 2.33 bits per heavy atom. The fourth-order valence-electron chi connectivity index (χ4n) is 0.715. The molecule has 5 heteroatoms. The van der Waals surface area contributed by atoms with Gasteiger partial charge in [-0.2, -0.15) is 0 Å². The number of nitrogens with one attached hydrogen (secondary N) is 1. The molecule has 5 nitrogen and oxygen atoms in total. The van der Waals surface area contributed by atoms with Crippen LogP contribution in [0.4, 0.5) is 4.79 Å². The minimum atomic E-state index is -0.810. The lowest BCUT2D eigenvalue weighted by Crippen LogP contribution is -2.44. The lowest BCUT2D eigenvalue weighted by Gasteiger charge is -2.12. The largest absolute Gasteiger partial charge is 0.504 e. The summed E-state index contributed by atoms with van der Waals surface area (Å²) in [6, 6.07) is -0.780. The molecule has 0 saturated heterocycles. The van der Waals surface area contributed by atoms with Crippen molar-refractivity contribution in [2.45, 2.75) is 19.9 Å². The van der Waals surface area contributed by atoms with Gasteiger partial charge in [0.25, 0.3) is 0 Å². The average Bonchev–Trinajstić information content (AvgIpc) is 1.98. The van der Waals surface area contributed by atoms with Gasteiger partial charge >= 0.3 is 12.1 Å². The van der Waals surface area contributed by atoms with E-state index in [4.69, 9.17) is 9.90 Å². The van der Waals surface area contributed by atoms with Crippen LogP contribution in [-0.4, -0.2) is 35.1 Å². The maximum Gasteiger partial charge on any atom is 0.504 e. The molecule has 0 aromatic carbocycles. The SMILES string of the molecule is COC(=O)N[C@H](C(O)=[OH+])C(C)C. The van der Waals surface area contributed by atoms with Crippen molar-refractivity contribution < 1.29 is 19.4 Å². The van der Waals surface area contributed by atoms with E-state index in [0.29, 0.717) is 0 Å². The predicted molar refractivity (Wildman–Crippen MR) is 43.7 cm³/mol. The molecule has 0 rings (SSSR count). The standard InChI is InChI=1S/C7H13NO4/c1-4(2)5(6(9)10)8-7(11)12-3/h4-5H,1-3H3,(H,8,11)(H,9,10)/p+1/t5-/m0/s1. The van der Waals surface area contributed by atoms with Crippen molar-refractivity contribution in [1.82, 2.24) is 5.32 Å². The van der Waals surface area contributed by atoms with Crippen LogP contribution in [0, 0.1) is 5.92 Å². The summed E-state index contributed by atoms with van der Waals surface area (Å²) in [6.07, 6.45) is -0.686. The van der Waals surface area contributed by atoms with Crippen molar-refractivity contribution in [1.29, 1.82) is 0 Å². The van der Waals surface area contributed by atoms with E-state index in [1.54, 1.807) is 13.8 Å². The zero-order chi connectivity index (χ0) is 9.72. The third-order valence-electron chi connectivity index (χ3n) is 1.40. The third-order valence-corrected chi connectivity index (χ3v) is 1.40. The molecule has 12 heavy (non-hydrogen) atoms. The molecule has 0 bridgehead atoms. The van der Waals surface area contributed by atoms with Gasteiger partial charge in [0.15, 0.2) is 6.04 Å². The molecule has 1 atom stereocenters. The summed E-state index contributed by atoms with van der Waals surface area (Å²) in [5, 5.41) is 11.0. The molecule has 0 unspecified atom stereocenters. The van der Waals surface area contributed by atoms with Gasteiger partial charge in [-0.15, -0.1) is 0 Å². The van der Waals surface area contributed by atoms with E-state index in [1.165, 1.54) is 7.11 Å². The molecular formula is C7H14NO4+. The number of rotatable bonds is 3. The number of methoxy groups -OCH3 is 1. The van der Waals surface area contributed by atoms with Crippen LogP contribution in [0.5, 0.6) is 0 Å². The van der Waals surface area contributed by atoms with Crippen LogP contribution in [-0.2, 0) is 4.74 Å². The molecule has 0 aromatic heterocycles. The van der Waals surface area contributed by atoms with Crippen molar-refractivity contribution >= 4 is 12.1 Å². The first-order chi connectivity index (χ1) is 5.49. The summed E-state index contributed by atoms with van der Waals surface area (Å²) in [5.74, 6) is -0.912. The quantitative estimate of drug-likeness (QED) is 0.612. The van der Waals surface area contributed by atoms with E-state index in [-0.39, 0.29) is 5.92 Å². The Morgan fingerprint density at radius 2 is 2.08 bits per heavy atom. The molecular weight excluding hydrogens is 162 g/mol. The number of amides is 1. The van der Waals surface area contributed by atoms with E-state index in [2.05, 4.69) is 10.1 Å². The molecule has 0 saturated carbocycles. The van der Waals surface area contributed by atoms with E-state index in [9.17, 15) is 4.79 Å². The van der Waals surface area contributed by atoms with Crippen LogP contribution < -0.4 is 5.32 Å². The lowest BCUT2D eigenvalue weighted by atomic mass is 10.1. The molecule has 3 N–H and O–H groups in total. The van der Waals surface area contributed by atoms with Crippen LogP contribution >= 0.6 is 0 Å². The Balaban J connectivity index is 4.14. The zero-order valence-electron chi connectivity index (χ0n) is 7.37. The van der Waals surface area contributed by atoms with E-state index in [0.717, 1.165) is 0 Å². The maximum atomic E-state index is 10.7. The molecule has 0 aliphatic rings. The summed E-state index contributed by atoms with van der Waals surface area (Å²) in [7, 11) is 1.21. The van der Waals surface area contributed by atoms with Crippen LogP contribution in [0.1, 0.15) is 13.8 Å². The Bertz CT molecular complexity index is 178. The fraction of sp³-hybridized carbons (Fsp3) is 0.714. The summed E-state index contributed by atoms with van der Waals surface area (Å²) in [5.41, 5.74) is 0. The molecule has 0 fully saturated rings. The number of carbonyl (C=O) groups excluding carboxylic acids is 1. The summed E-state index contributed by atoms with van der Waals surface area (Å²) < 4.78 is 4.30. The highest BCUT2D eigenvalue weighted by molar-refractivity contribution is 5.80. The molecule has 1 amide bonds. The Labute approximate surface area is 70.7 Å². The van der Waals surface area contributed by atoms with E-state index >= 15 is 0 Å². The molecule has 0 spiro atoms. The highest BCUT2D eigenvalue weighted by Crippen LogP contribution is 2.01. The second kappa shape index (κ2) is 4.58. The normalized spacial score (nSPS) is 12.3. The number of aliphatic carboxylic acids is 1. The van der Waals surface area contributed by atoms with Crippen LogP contribution in [0.25, 0.3) is 0 Å². The van der Waals surface area contributed by atoms with Gasteiger partial charge in [0.1, 0.15) is 0 Å². The first-order valence-electron chi connectivity index (χ1n) is 3.58. The minimum absolute atomic E-state index is 0.103. The van der Waals surface area contributed by atoms with Gasteiger partial charge < -0.3 is 20.0 Å². The number of carboxylic acid groups (broad SMARTS) is 1. The van der Waals surface area contributed by atoms with Gasteiger partial charge in [-0.3, -0.25) is 0 Å². The average molecular weight is 176 g/mol. The number of hydrogen-bond donors (Lipinski definition) is 2. The van der Waals surface area contributed by atoms with Gasteiger partial charge in [0, 0.05) is 0 Å². The Morgan fingerprint density at radius 1 is 1.58 bits per heavy atom.